The van der Waals surface area contributed by atoms with Crippen LogP contribution in [0.5, 0.6) is 0 Å². The van der Waals surface area contributed by atoms with Gasteiger partial charge in [-0.25, -0.2) is 4.98 Å². The van der Waals surface area contributed by atoms with Crippen molar-refractivity contribution < 1.29 is 4.92 Å². The van der Waals surface area contributed by atoms with Crippen LogP contribution in [0, 0.1) is 10.1 Å². The molecule has 0 aromatic carbocycles. The highest BCUT2D eigenvalue weighted by molar-refractivity contribution is 5.85. The molecule has 1 aromatic rings. The van der Waals surface area contributed by atoms with E-state index in [0.717, 1.165) is 19.5 Å². The van der Waals surface area contributed by atoms with Crippen molar-refractivity contribution in [3.05, 3.63) is 28.4 Å². The Bertz CT molecular complexity index is 368. The average molecular weight is 245 g/mol. The van der Waals surface area contributed by atoms with E-state index in [4.69, 9.17) is 0 Å². The van der Waals surface area contributed by atoms with Crippen molar-refractivity contribution in [1.29, 1.82) is 0 Å². The summed E-state index contributed by atoms with van der Waals surface area (Å²) in [5.74, 6) is 0.358. The zero-order valence-corrected chi connectivity index (χ0v) is 9.37. The van der Waals surface area contributed by atoms with Gasteiger partial charge >= 0.3 is 5.69 Å². The van der Waals surface area contributed by atoms with Crippen LogP contribution in [0.3, 0.4) is 0 Å². The third-order valence-electron chi connectivity index (χ3n) is 2.38. The van der Waals surface area contributed by atoms with Crippen LogP contribution in [-0.2, 0) is 0 Å². The van der Waals surface area contributed by atoms with Crippen LogP contribution in [0.2, 0.25) is 0 Å². The lowest BCUT2D eigenvalue weighted by Crippen LogP contribution is -2.23. The summed E-state index contributed by atoms with van der Waals surface area (Å²) in [6, 6.07) is 3.26. The summed E-state index contributed by atoms with van der Waals surface area (Å²) in [6.07, 6.45) is 2.52. The minimum atomic E-state index is -0.419. The molecule has 0 spiro atoms. The Morgan fingerprint density at radius 3 is 3.06 bits per heavy atom. The molecule has 1 saturated heterocycles. The molecule has 6 nitrogen and oxygen atoms in total. The molecule has 1 aromatic heterocycles. The average Bonchev–Trinajstić information content (AvgIpc) is 2.71. The summed E-state index contributed by atoms with van der Waals surface area (Å²) in [4.78, 5) is 14.3. The third kappa shape index (κ3) is 2.80. The van der Waals surface area contributed by atoms with E-state index in [-0.39, 0.29) is 24.1 Å². The van der Waals surface area contributed by atoms with Crippen LogP contribution in [0.4, 0.5) is 11.5 Å². The highest BCUT2D eigenvalue weighted by Gasteiger charge is 2.20. The Morgan fingerprint density at radius 2 is 2.44 bits per heavy atom. The fourth-order valence-electron chi connectivity index (χ4n) is 1.63. The molecule has 0 bridgehead atoms. The first-order valence-electron chi connectivity index (χ1n) is 4.84. The van der Waals surface area contributed by atoms with E-state index in [0.29, 0.717) is 5.82 Å². The van der Waals surface area contributed by atoms with Crippen molar-refractivity contribution in [2.75, 3.05) is 18.4 Å². The van der Waals surface area contributed by atoms with Gasteiger partial charge in [-0.05, 0) is 19.0 Å². The van der Waals surface area contributed by atoms with Crippen LogP contribution in [0.1, 0.15) is 6.42 Å². The zero-order valence-electron chi connectivity index (χ0n) is 8.55. The quantitative estimate of drug-likeness (QED) is 0.617. The maximum absolute atomic E-state index is 10.7. The number of hydrogen-bond acceptors (Lipinski definition) is 5. The molecule has 0 radical (unpaired) electrons. The predicted molar refractivity (Wildman–Crippen MR) is 63.0 cm³/mol. The summed E-state index contributed by atoms with van der Waals surface area (Å²) >= 11 is 0. The van der Waals surface area contributed by atoms with Gasteiger partial charge in [0, 0.05) is 24.8 Å². The maximum Gasteiger partial charge on any atom is 0.311 e. The highest BCUT2D eigenvalue weighted by Crippen LogP contribution is 2.21. The summed E-state index contributed by atoms with van der Waals surface area (Å²) in [6.45, 7) is 1.77. The SMILES string of the molecule is Cl.O=[N+]([O-])c1cccnc1NC1CCNC1. The van der Waals surface area contributed by atoms with Gasteiger partial charge in [-0.2, -0.15) is 0 Å². The fourth-order valence-corrected chi connectivity index (χ4v) is 1.63. The van der Waals surface area contributed by atoms with Crippen molar-refractivity contribution in [2.45, 2.75) is 12.5 Å². The van der Waals surface area contributed by atoms with Gasteiger partial charge in [0.15, 0.2) is 0 Å². The minimum Gasteiger partial charge on any atom is -0.360 e. The first kappa shape index (κ1) is 12.7. The number of anilines is 1. The van der Waals surface area contributed by atoms with Crippen molar-refractivity contribution in [3.8, 4) is 0 Å². The number of aromatic nitrogens is 1. The summed E-state index contributed by atoms with van der Waals surface area (Å²) in [7, 11) is 0. The van der Waals surface area contributed by atoms with Gasteiger partial charge in [-0.1, -0.05) is 0 Å². The topological polar surface area (TPSA) is 80.1 Å². The van der Waals surface area contributed by atoms with Gasteiger partial charge in [-0.3, -0.25) is 10.1 Å². The van der Waals surface area contributed by atoms with Crippen LogP contribution in [0.15, 0.2) is 18.3 Å². The van der Waals surface area contributed by atoms with Gasteiger partial charge in [0.2, 0.25) is 5.82 Å². The molecule has 16 heavy (non-hydrogen) atoms. The largest absolute Gasteiger partial charge is 0.360 e. The molecular formula is C9H13ClN4O2. The molecule has 7 heteroatoms. The van der Waals surface area contributed by atoms with E-state index in [2.05, 4.69) is 15.6 Å². The molecule has 88 valence electrons. The second-order valence-electron chi connectivity index (χ2n) is 3.46. The molecule has 1 unspecified atom stereocenters. The number of rotatable bonds is 3. The monoisotopic (exact) mass is 244 g/mol. The molecule has 2 heterocycles. The van der Waals surface area contributed by atoms with Crippen molar-refractivity contribution in [2.24, 2.45) is 0 Å². The number of nitrogens with one attached hydrogen (secondary N) is 2. The smallest absolute Gasteiger partial charge is 0.311 e. The summed E-state index contributed by atoms with van der Waals surface area (Å²) in [5.41, 5.74) is 0.0319. The van der Waals surface area contributed by atoms with Gasteiger partial charge in [0.25, 0.3) is 0 Å². The molecule has 0 aliphatic carbocycles. The predicted octanol–water partition coefficient (Wildman–Crippen LogP) is 1.19. The second kappa shape index (κ2) is 5.62. The van der Waals surface area contributed by atoms with Crippen molar-refractivity contribution >= 4 is 23.9 Å². The van der Waals surface area contributed by atoms with Crippen LogP contribution >= 0.6 is 12.4 Å². The van der Waals surface area contributed by atoms with E-state index < -0.39 is 4.92 Å². The first-order valence-corrected chi connectivity index (χ1v) is 4.84. The normalized spacial score (nSPS) is 18.9. The van der Waals surface area contributed by atoms with Gasteiger partial charge < -0.3 is 10.6 Å². The zero-order chi connectivity index (χ0) is 10.7. The lowest BCUT2D eigenvalue weighted by Gasteiger charge is -2.11. The Morgan fingerprint density at radius 1 is 1.62 bits per heavy atom. The molecule has 2 rings (SSSR count). The van der Waals surface area contributed by atoms with Crippen LogP contribution < -0.4 is 10.6 Å². The molecule has 1 aliphatic heterocycles. The number of hydrogen-bond donors (Lipinski definition) is 2. The van der Waals surface area contributed by atoms with E-state index in [9.17, 15) is 10.1 Å². The Balaban J connectivity index is 0.00000128. The Kier molecular flexibility index (Phi) is 4.45. The standard InChI is InChI=1S/C9H12N4O2.ClH/c14-13(15)8-2-1-4-11-9(8)12-7-3-5-10-6-7;/h1-2,4,7,10H,3,5-6H2,(H,11,12);1H. The Labute approximate surface area is 99.0 Å². The number of halogens is 1. The summed E-state index contributed by atoms with van der Waals surface area (Å²) in [5, 5.41) is 17.0. The van der Waals surface area contributed by atoms with Crippen molar-refractivity contribution in [3.63, 3.8) is 0 Å². The number of nitrogens with zero attached hydrogens (tertiary/aromatic N) is 2. The van der Waals surface area contributed by atoms with Crippen molar-refractivity contribution in [1.82, 2.24) is 10.3 Å². The van der Waals surface area contributed by atoms with Gasteiger partial charge in [0.05, 0.1) is 4.92 Å². The van der Waals surface area contributed by atoms with E-state index in [1.54, 1.807) is 12.3 Å². The minimum absolute atomic E-state index is 0. The van der Waals surface area contributed by atoms with Gasteiger partial charge in [0.1, 0.15) is 0 Å². The fraction of sp³-hybridized carbons (Fsp3) is 0.444. The lowest BCUT2D eigenvalue weighted by molar-refractivity contribution is -0.384. The third-order valence-corrected chi connectivity index (χ3v) is 2.38. The molecule has 0 saturated carbocycles. The van der Waals surface area contributed by atoms with Crippen LogP contribution in [0.25, 0.3) is 0 Å². The first-order chi connectivity index (χ1) is 7.27. The molecule has 1 aliphatic rings. The van der Waals surface area contributed by atoms with E-state index >= 15 is 0 Å². The van der Waals surface area contributed by atoms with E-state index in [1.165, 1.54) is 6.07 Å². The van der Waals surface area contributed by atoms with E-state index in [1.807, 2.05) is 0 Å². The summed E-state index contributed by atoms with van der Waals surface area (Å²) < 4.78 is 0. The van der Waals surface area contributed by atoms with Crippen LogP contribution in [-0.4, -0.2) is 29.0 Å². The molecule has 2 N–H and O–H groups in total. The Hall–Kier alpha value is -1.40. The molecule has 1 atom stereocenters. The number of pyridine rings is 1. The van der Waals surface area contributed by atoms with Gasteiger partial charge in [-0.15, -0.1) is 12.4 Å². The molecular weight excluding hydrogens is 232 g/mol. The number of nitro groups is 1. The molecule has 1 fully saturated rings. The molecule has 0 amide bonds. The lowest BCUT2D eigenvalue weighted by atomic mass is 10.2. The highest BCUT2D eigenvalue weighted by atomic mass is 35.5. The maximum atomic E-state index is 10.7. The second-order valence-corrected chi connectivity index (χ2v) is 3.46.